The summed E-state index contributed by atoms with van der Waals surface area (Å²) in [5.41, 5.74) is 1.24. The predicted molar refractivity (Wildman–Crippen MR) is 77.5 cm³/mol. The Balaban J connectivity index is 2.10. The van der Waals surface area contributed by atoms with Gasteiger partial charge in [0.2, 0.25) is 0 Å². The Bertz CT molecular complexity index is 496. The van der Waals surface area contributed by atoms with Gasteiger partial charge in [0.05, 0.1) is 18.9 Å². The lowest BCUT2D eigenvalue weighted by Gasteiger charge is -2.30. The fourth-order valence-corrected chi connectivity index (χ4v) is 2.76. The van der Waals surface area contributed by atoms with Crippen molar-refractivity contribution in [3.63, 3.8) is 0 Å². The smallest absolute Gasteiger partial charge is 0.253 e. The highest BCUT2D eigenvalue weighted by Gasteiger charge is 2.26. The highest BCUT2D eigenvalue weighted by atomic mass is 79.9. The molecule has 0 radical (unpaired) electrons. The molecule has 1 aliphatic heterocycles. The maximum absolute atomic E-state index is 14.1. The zero-order chi connectivity index (χ0) is 14.5. The Morgan fingerprint density at radius 3 is 3.00 bits per heavy atom. The number of carbonyl (C=O) groups excluding carboxylic acids is 1. The molecule has 1 amide bonds. The first-order chi connectivity index (χ1) is 9.63. The van der Waals surface area contributed by atoms with E-state index in [4.69, 9.17) is 9.47 Å². The molecule has 0 fully saturated rings. The predicted octanol–water partition coefficient (Wildman–Crippen LogP) is 2.53. The van der Waals surface area contributed by atoms with Crippen LogP contribution in [0.15, 0.2) is 16.6 Å². The number of carbonyl (C=O) groups is 1. The van der Waals surface area contributed by atoms with Crippen LogP contribution in [0.25, 0.3) is 0 Å². The van der Waals surface area contributed by atoms with Gasteiger partial charge in [-0.15, -0.1) is 0 Å². The summed E-state index contributed by atoms with van der Waals surface area (Å²) in [6.07, 6.45) is 1.60. The van der Waals surface area contributed by atoms with Crippen LogP contribution < -0.4 is 4.90 Å². The quantitative estimate of drug-likeness (QED) is 0.769. The summed E-state index contributed by atoms with van der Waals surface area (Å²) in [5.74, 6) is -0.595. The Morgan fingerprint density at radius 2 is 2.25 bits per heavy atom. The number of aryl methyl sites for hydroxylation is 1. The standard InChI is InChI=1S/C14H17BrFNO3/c1-19-5-6-20-9-13(18)17-4-2-3-10-7-11(15)8-12(16)14(10)17/h7-8H,2-6,9H2,1H3. The molecule has 1 heterocycles. The second-order valence-electron chi connectivity index (χ2n) is 4.59. The van der Waals surface area contributed by atoms with Crippen LogP contribution in [-0.4, -0.2) is 39.4 Å². The Morgan fingerprint density at radius 1 is 1.45 bits per heavy atom. The Labute approximate surface area is 126 Å². The highest BCUT2D eigenvalue weighted by Crippen LogP contribution is 2.32. The van der Waals surface area contributed by atoms with Crippen molar-refractivity contribution in [3.8, 4) is 0 Å². The molecule has 1 aromatic rings. The first-order valence-electron chi connectivity index (χ1n) is 6.48. The average Bonchev–Trinajstić information content (AvgIpc) is 2.42. The molecular formula is C14H17BrFNO3. The number of amides is 1. The van der Waals surface area contributed by atoms with E-state index >= 15 is 0 Å². The van der Waals surface area contributed by atoms with Crippen molar-refractivity contribution in [2.75, 3.05) is 38.4 Å². The number of ether oxygens (including phenoxy) is 2. The maximum Gasteiger partial charge on any atom is 0.253 e. The summed E-state index contributed by atoms with van der Waals surface area (Å²) in [6, 6.07) is 3.25. The molecule has 6 heteroatoms. The summed E-state index contributed by atoms with van der Waals surface area (Å²) in [6.45, 7) is 1.26. The molecule has 0 saturated heterocycles. The zero-order valence-corrected chi connectivity index (χ0v) is 12.9. The molecule has 20 heavy (non-hydrogen) atoms. The lowest BCUT2D eigenvalue weighted by Crippen LogP contribution is -2.38. The molecule has 4 nitrogen and oxygen atoms in total. The van der Waals surface area contributed by atoms with Gasteiger partial charge < -0.3 is 14.4 Å². The van der Waals surface area contributed by atoms with Crippen LogP contribution in [0, 0.1) is 5.82 Å². The molecule has 0 bridgehead atoms. The van der Waals surface area contributed by atoms with Crippen LogP contribution in [0.1, 0.15) is 12.0 Å². The number of hydrogen-bond acceptors (Lipinski definition) is 3. The number of rotatable bonds is 5. The van der Waals surface area contributed by atoms with Gasteiger partial charge in [0.1, 0.15) is 12.4 Å². The van der Waals surface area contributed by atoms with E-state index in [1.165, 1.54) is 11.0 Å². The molecule has 0 aromatic heterocycles. The third-order valence-electron chi connectivity index (χ3n) is 3.16. The minimum absolute atomic E-state index is 0.0572. The van der Waals surface area contributed by atoms with E-state index in [1.807, 2.05) is 6.07 Å². The molecule has 1 aromatic carbocycles. The number of halogens is 2. The van der Waals surface area contributed by atoms with Crippen molar-refractivity contribution in [3.05, 3.63) is 28.0 Å². The van der Waals surface area contributed by atoms with E-state index in [2.05, 4.69) is 15.9 Å². The second kappa shape index (κ2) is 7.15. The fourth-order valence-electron chi connectivity index (χ4n) is 2.28. The van der Waals surface area contributed by atoms with Crippen LogP contribution in [0.4, 0.5) is 10.1 Å². The summed E-state index contributed by atoms with van der Waals surface area (Å²) >= 11 is 3.28. The van der Waals surface area contributed by atoms with Gasteiger partial charge in [0.15, 0.2) is 0 Å². The number of hydrogen-bond donors (Lipinski definition) is 0. The Hall–Kier alpha value is -0.980. The third-order valence-corrected chi connectivity index (χ3v) is 3.62. The topological polar surface area (TPSA) is 38.8 Å². The van der Waals surface area contributed by atoms with Crippen molar-refractivity contribution < 1.29 is 18.7 Å². The van der Waals surface area contributed by atoms with Gasteiger partial charge in [-0.1, -0.05) is 15.9 Å². The van der Waals surface area contributed by atoms with Gasteiger partial charge >= 0.3 is 0 Å². The molecule has 0 unspecified atom stereocenters. The number of benzene rings is 1. The number of methoxy groups -OCH3 is 1. The Kier molecular flexibility index (Phi) is 5.51. The maximum atomic E-state index is 14.1. The average molecular weight is 346 g/mol. The SMILES string of the molecule is COCCOCC(=O)N1CCCc2cc(Br)cc(F)c21. The molecule has 2 rings (SSSR count). The van der Waals surface area contributed by atoms with E-state index in [-0.39, 0.29) is 18.3 Å². The number of nitrogens with zero attached hydrogens (tertiary/aromatic N) is 1. The highest BCUT2D eigenvalue weighted by molar-refractivity contribution is 9.10. The van der Waals surface area contributed by atoms with Gasteiger partial charge in [0, 0.05) is 18.1 Å². The number of fused-ring (bicyclic) bond motifs is 1. The van der Waals surface area contributed by atoms with E-state index < -0.39 is 0 Å². The second-order valence-corrected chi connectivity index (χ2v) is 5.51. The molecule has 0 N–H and O–H groups in total. The van der Waals surface area contributed by atoms with Gasteiger partial charge in [-0.3, -0.25) is 4.79 Å². The lowest BCUT2D eigenvalue weighted by molar-refractivity contribution is -0.123. The lowest BCUT2D eigenvalue weighted by atomic mass is 10.0. The van der Waals surface area contributed by atoms with E-state index in [1.54, 1.807) is 7.11 Å². The first-order valence-corrected chi connectivity index (χ1v) is 7.27. The monoisotopic (exact) mass is 345 g/mol. The summed E-state index contributed by atoms with van der Waals surface area (Å²) in [4.78, 5) is 13.6. The van der Waals surface area contributed by atoms with Crippen LogP contribution in [0.2, 0.25) is 0 Å². The molecule has 0 aliphatic carbocycles. The van der Waals surface area contributed by atoms with Gasteiger partial charge in [0.25, 0.3) is 5.91 Å². The first kappa shape index (κ1) is 15.4. The minimum Gasteiger partial charge on any atom is -0.382 e. The third kappa shape index (κ3) is 3.56. The molecule has 1 aliphatic rings. The minimum atomic E-state index is -0.376. The van der Waals surface area contributed by atoms with Crippen molar-refractivity contribution >= 4 is 27.5 Å². The van der Waals surface area contributed by atoms with E-state index in [0.29, 0.717) is 29.9 Å². The van der Waals surface area contributed by atoms with E-state index in [0.717, 1.165) is 18.4 Å². The summed E-state index contributed by atoms with van der Waals surface area (Å²) in [5, 5.41) is 0. The molecule has 110 valence electrons. The van der Waals surface area contributed by atoms with E-state index in [9.17, 15) is 9.18 Å². The summed E-state index contributed by atoms with van der Waals surface area (Å²) in [7, 11) is 1.57. The van der Waals surface area contributed by atoms with Crippen molar-refractivity contribution in [1.29, 1.82) is 0 Å². The van der Waals surface area contributed by atoms with Crippen LogP contribution in [0.5, 0.6) is 0 Å². The van der Waals surface area contributed by atoms with Crippen molar-refractivity contribution in [2.45, 2.75) is 12.8 Å². The van der Waals surface area contributed by atoms with Crippen molar-refractivity contribution in [2.24, 2.45) is 0 Å². The molecule has 0 saturated carbocycles. The molecule has 0 atom stereocenters. The number of anilines is 1. The fraction of sp³-hybridized carbons (Fsp3) is 0.500. The van der Waals surface area contributed by atoms with Crippen LogP contribution in [0.3, 0.4) is 0 Å². The van der Waals surface area contributed by atoms with Gasteiger partial charge in [-0.05, 0) is 30.5 Å². The van der Waals surface area contributed by atoms with Gasteiger partial charge in [-0.2, -0.15) is 0 Å². The zero-order valence-electron chi connectivity index (χ0n) is 11.3. The summed E-state index contributed by atoms with van der Waals surface area (Å²) < 4.78 is 24.9. The largest absolute Gasteiger partial charge is 0.382 e. The normalized spacial score (nSPS) is 14.2. The van der Waals surface area contributed by atoms with Crippen molar-refractivity contribution in [1.82, 2.24) is 0 Å². The molecular weight excluding hydrogens is 329 g/mol. The van der Waals surface area contributed by atoms with Gasteiger partial charge in [-0.25, -0.2) is 4.39 Å². The van der Waals surface area contributed by atoms with Crippen LogP contribution in [-0.2, 0) is 20.7 Å². The molecule has 0 spiro atoms. The van der Waals surface area contributed by atoms with Crippen LogP contribution >= 0.6 is 15.9 Å².